The number of nitrogens with zero attached hydrogens (tertiary/aromatic N) is 3. The standard InChI is InChI=1S/C45H50N6O7S/c1-29(2)37-6-3-4-7-38(37)41-8-5-21-50(41)34-12-9-31(10-13-34)32-11-15-39(43(25-32)58-35-24-33-17-20-46-44(33)48-28-35)45(52)49-59(55,56)36-14-16-40(42(26-36)51(53)54)47-27-30-18-22-57-23-19-30/h3-4,6-7,11,14-17,20,24-26,28,30-31,34,41,47H,1,5,8-10,12-13,18-19,21-23,27H2,2H3,(H,46,48)(H,49,52)/t31-,34-,41?. The van der Waals surface area contributed by atoms with Gasteiger partial charge >= 0.3 is 0 Å². The molecule has 14 heteroatoms. The molecule has 13 nitrogen and oxygen atoms in total. The van der Waals surface area contributed by atoms with Crippen LogP contribution in [-0.4, -0.2) is 66.5 Å². The maximum atomic E-state index is 13.9. The van der Waals surface area contributed by atoms with Crippen molar-refractivity contribution < 1.29 is 27.6 Å². The Balaban J connectivity index is 1.01. The quantitative estimate of drug-likeness (QED) is 0.0770. The molecule has 59 heavy (non-hydrogen) atoms. The highest BCUT2D eigenvalue weighted by Gasteiger charge is 2.36. The van der Waals surface area contributed by atoms with Crippen molar-refractivity contribution in [2.24, 2.45) is 5.92 Å². The number of H-pyrrole nitrogens is 1. The minimum absolute atomic E-state index is 0.000473. The zero-order valence-electron chi connectivity index (χ0n) is 33.2. The second-order valence-corrected chi connectivity index (χ2v) is 17.7. The molecular weight excluding hydrogens is 769 g/mol. The summed E-state index contributed by atoms with van der Waals surface area (Å²) in [7, 11) is -4.53. The first-order chi connectivity index (χ1) is 28.5. The predicted molar refractivity (Wildman–Crippen MR) is 227 cm³/mol. The molecule has 5 aromatic rings. The highest BCUT2D eigenvalue weighted by Crippen LogP contribution is 2.43. The van der Waals surface area contributed by atoms with E-state index in [1.165, 1.54) is 23.3 Å². The minimum Gasteiger partial charge on any atom is -0.455 e. The number of carbonyl (C=O) groups is 1. The van der Waals surface area contributed by atoms with Crippen LogP contribution in [0.3, 0.4) is 0 Å². The summed E-state index contributed by atoms with van der Waals surface area (Å²) >= 11 is 0. The van der Waals surface area contributed by atoms with Crippen molar-refractivity contribution in [2.45, 2.75) is 81.2 Å². The van der Waals surface area contributed by atoms with Gasteiger partial charge in [-0.25, -0.2) is 18.1 Å². The zero-order valence-corrected chi connectivity index (χ0v) is 34.0. The topological polar surface area (TPSA) is 169 Å². The van der Waals surface area contributed by atoms with Gasteiger partial charge in [-0.15, -0.1) is 0 Å². The molecule has 308 valence electrons. The van der Waals surface area contributed by atoms with E-state index in [4.69, 9.17) is 9.47 Å². The highest BCUT2D eigenvalue weighted by molar-refractivity contribution is 7.90. The van der Waals surface area contributed by atoms with E-state index >= 15 is 0 Å². The Bertz CT molecular complexity index is 2470. The molecule has 1 saturated carbocycles. The number of pyridine rings is 1. The lowest BCUT2D eigenvalue weighted by molar-refractivity contribution is -0.384. The van der Waals surface area contributed by atoms with Gasteiger partial charge in [0, 0.05) is 49.5 Å². The molecule has 1 unspecified atom stereocenters. The summed E-state index contributed by atoms with van der Waals surface area (Å²) in [4.78, 5) is 35.1. The van der Waals surface area contributed by atoms with E-state index in [0.717, 1.165) is 80.5 Å². The van der Waals surface area contributed by atoms with Gasteiger partial charge in [-0.3, -0.25) is 19.8 Å². The fourth-order valence-corrected chi connectivity index (χ4v) is 10.1. The van der Waals surface area contributed by atoms with Crippen LogP contribution in [0.2, 0.25) is 0 Å². The van der Waals surface area contributed by atoms with Gasteiger partial charge in [-0.1, -0.05) is 42.5 Å². The number of likely N-dealkylation sites (tertiary alicyclic amines) is 1. The molecule has 1 atom stereocenters. The van der Waals surface area contributed by atoms with Gasteiger partial charge in [0.1, 0.15) is 22.8 Å². The van der Waals surface area contributed by atoms with Crippen LogP contribution in [0.1, 0.15) is 97.3 Å². The number of amides is 1. The van der Waals surface area contributed by atoms with Crippen LogP contribution in [0.4, 0.5) is 11.4 Å². The third kappa shape index (κ3) is 8.90. The first-order valence-electron chi connectivity index (χ1n) is 20.5. The Kier molecular flexibility index (Phi) is 11.8. The van der Waals surface area contributed by atoms with Crippen molar-refractivity contribution in [1.82, 2.24) is 19.6 Å². The molecule has 2 aromatic heterocycles. The molecule has 4 heterocycles. The van der Waals surface area contributed by atoms with Gasteiger partial charge in [0.25, 0.3) is 21.6 Å². The number of aromatic nitrogens is 2. The second-order valence-electron chi connectivity index (χ2n) is 16.0. The van der Waals surface area contributed by atoms with Crippen LogP contribution < -0.4 is 14.8 Å². The summed E-state index contributed by atoms with van der Waals surface area (Å²) in [6.45, 7) is 9.14. The van der Waals surface area contributed by atoms with Gasteiger partial charge in [0.2, 0.25) is 0 Å². The fraction of sp³-hybridized carbons (Fsp3) is 0.378. The summed E-state index contributed by atoms with van der Waals surface area (Å²) < 4.78 is 41.2. The molecule has 0 radical (unpaired) electrons. The largest absolute Gasteiger partial charge is 0.455 e. The molecule has 0 bridgehead atoms. The van der Waals surface area contributed by atoms with E-state index in [-0.39, 0.29) is 28.8 Å². The molecule has 3 aromatic carbocycles. The number of nitrogens with one attached hydrogen (secondary N) is 3. The maximum absolute atomic E-state index is 13.9. The average molecular weight is 819 g/mol. The van der Waals surface area contributed by atoms with Gasteiger partial charge in [-0.2, -0.15) is 0 Å². The number of ether oxygens (including phenoxy) is 2. The van der Waals surface area contributed by atoms with E-state index in [2.05, 4.69) is 62.7 Å². The zero-order chi connectivity index (χ0) is 41.1. The molecule has 3 fully saturated rings. The number of nitro benzene ring substituents is 1. The highest BCUT2D eigenvalue weighted by atomic mass is 32.2. The molecule has 3 N–H and O–H groups in total. The molecule has 2 saturated heterocycles. The van der Waals surface area contributed by atoms with Gasteiger partial charge in [0.05, 0.1) is 21.6 Å². The average Bonchev–Trinajstić information content (AvgIpc) is 3.93. The minimum atomic E-state index is -4.53. The summed E-state index contributed by atoms with van der Waals surface area (Å²) in [6, 6.07) is 22.0. The molecule has 8 rings (SSSR count). The molecule has 1 aliphatic carbocycles. The van der Waals surface area contributed by atoms with Gasteiger partial charge < -0.3 is 19.8 Å². The van der Waals surface area contributed by atoms with Crippen molar-refractivity contribution in [3.8, 4) is 11.5 Å². The van der Waals surface area contributed by atoms with Crippen LogP contribution in [0.5, 0.6) is 11.5 Å². The van der Waals surface area contributed by atoms with E-state index in [9.17, 15) is 23.3 Å². The summed E-state index contributed by atoms with van der Waals surface area (Å²) in [5.74, 6) is 0.129. The number of benzene rings is 3. The Hall–Kier alpha value is -5.57. The van der Waals surface area contributed by atoms with Crippen LogP contribution in [0.15, 0.2) is 96.7 Å². The van der Waals surface area contributed by atoms with Gasteiger partial charge in [0.15, 0.2) is 0 Å². The number of rotatable bonds is 13. The smallest absolute Gasteiger partial charge is 0.293 e. The van der Waals surface area contributed by atoms with Crippen LogP contribution in [0.25, 0.3) is 16.6 Å². The van der Waals surface area contributed by atoms with E-state index in [1.807, 2.05) is 18.2 Å². The number of sulfonamides is 1. The number of aromatic amines is 1. The summed E-state index contributed by atoms with van der Waals surface area (Å²) in [5.41, 5.74) is 5.15. The maximum Gasteiger partial charge on any atom is 0.293 e. The van der Waals surface area contributed by atoms with Crippen LogP contribution >= 0.6 is 0 Å². The SMILES string of the molecule is C=C(C)c1ccccc1C1CCCN1[C@H]1CC[C@H](c2ccc(C(=O)NS(=O)(=O)c3ccc(NCC4CCOCC4)c([N+](=O)[O-])c3)c(Oc3cnc4[nH]ccc4c3)c2)CC1. The predicted octanol–water partition coefficient (Wildman–Crippen LogP) is 9.12. The molecule has 1 amide bonds. The summed E-state index contributed by atoms with van der Waals surface area (Å²) in [5, 5.41) is 16.0. The second kappa shape index (κ2) is 17.3. The number of allylic oxidation sites excluding steroid dienone is 1. The number of hydrogen-bond donors (Lipinski definition) is 3. The van der Waals surface area contributed by atoms with Gasteiger partial charge in [-0.05, 0) is 130 Å². The fourth-order valence-electron chi connectivity index (χ4n) is 9.06. The number of fused-ring (bicyclic) bond motifs is 1. The van der Waals surface area contributed by atoms with Crippen molar-refractivity contribution in [3.05, 3.63) is 124 Å². The molecule has 2 aliphatic heterocycles. The Morgan fingerprint density at radius 2 is 1.80 bits per heavy atom. The number of carbonyl (C=O) groups excluding carboxylic acids is 1. The monoisotopic (exact) mass is 818 g/mol. The number of anilines is 1. The van der Waals surface area contributed by atoms with Crippen molar-refractivity contribution in [2.75, 3.05) is 31.6 Å². The van der Waals surface area contributed by atoms with Crippen molar-refractivity contribution in [3.63, 3.8) is 0 Å². The lowest BCUT2D eigenvalue weighted by atomic mass is 9.80. The first kappa shape index (κ1) is 40.2. The lowest BCUT2D eigenvalue weighted by Crippen LogP contribution is -2.37. The molecule has 0 spiro atoms. The van der Waals surface area contributed by atoms with Crippen LogP contribution in [-0.2, 0) is 14.8 Å². The van der Waals surface area contributed by atoms with E-state index in [1.54, 1.807) is 24.5 Å². The Morgan fingerprint density at radius 1 is 1.00 bits per heavy atom. The Morgan fingerprint density at radius 3 is 2.58 bits per heavy atom. The van der Waals surface area contributed by atoms with E-state index in [0.29, 0.717) is 43.2 Å². The van der Waals surface area contributed by atoms with Crippen molar-refractivity contribution in [1.29, 1.82) is 0 Å². The molecular formula is C45H50N6O7S. The van der Waals surface area contributed by atoms with Crippen molar-refractivity contribution >= 4 is 43.9 Å². The normalized spacial score (nSPS) is 20.3. The molecule has 3 aliphatic rings. The first-order valence-corrected chi connectivity index (χ1v) is 21.9. The van der Waals surface area contributed by atoms with Crippen LogP contribution in [0, 0.1) is 16.0 Å². The van der Waals surface area contributed by atoms with E-state index < -0.39 is 31.4 Å². The Labute approximate surface area is 344 Å². The summed E-state index contributed by atoms with van der Waals surface area (Å²) in [6.07, 6.45) is 11.2. The number of nitro groups is 1. The number of hydrogen-bond acceptors (Lipinski definition) is 10. The third-order valence-electron chi connectivity index (χ3n) is 12.2. The lowest BCUT2D eigenvalue weighted by Gasteiger charge is -2.39. The third-order valence-corrected chi connectivity index (χ3v) is 13.5.